The van der Waals surface area contributed by atoms with E-state index in [0.717, 1.165) is 45.2 Å². The van der Waals surface area contributed by atoms with Crippen LogP contribution in [0.2, 0.25) is 5.02 Å². The number of amides is 1. The van der Waals surface area contributed by atoms with Gasteiger partial charge in [0.1, 0.15) is 4.90 Å². The van der Waals surface area contributed by atoms with Gasteiger partial charge in [-0.2, -0.15) is 4.31 Å². The van der Waals surface area contributed by atoms with Crippen molar-refractivity contribution in [3.05, 3.63) is 22.7 Å². The molecule has 1 N–H and O–H groups in total. The molecule has 0 radical (unpaired) electrons. The molecule has 6 nitrogen and oxygen atoms in total. The number of aryl methyl sites for hydroxylation is 1. The standard InChI is InChI=1S/C19H28ClN3O3S/c1-15-12-18(27(25,26)23-10-6-3-7-11-23)16(20)13-17(15)21-19(24)14-22-8-4-2-5-9-22/h12-13H,2-11,14H2,1H3,(H,21,24). The molecule has 0 saturated carbocycles. The van der Waals surface area contributed by atoms with Crippen LogP contribution in [0, 0.1) is 6.92 Å². The van der Waals surface area contributed by atoms with E-state index in [-0.39, 0.29) is 15.8 Å². The number of nitrogens with one attached hydrogen (secondary N) is 1. The quantitative estimate of drug-likeness (QED) is 0.804. The van der Waals surface area contributed by atoms with Crippen molar-refractivity contribution < 1.29 is 13.2 Å². The SMILES string of the molecule is Cc1cc(S(=O)(=O)N2CCCCC2)c(Cl)cc1NC(=O)CN1CCCCC1. The van der Waals surface area contributed by atoms with E-state index >= 15 is 0 Å². The van der Waals surface area contributed by atoms with Gasteiger partial charge >= 0.3 is 0 Å². The van der Waals surface area contributed by atoms with E-state index in [9.17, 15) is 13.2 Å². The maximum Gasteiger partial charge on any atom is 0.244 e. The van der Waals surface area contributed by atoms with Crippen LogP contribution in [0.15, 0.2) is 17.0 Å². The first kappa shape index (κ1) is 20.6. The second-order valence-corrected chi connectivity index (χ2v) is 9.76. The predicted octanol–water partition coefficient (Wildman–Crippen LogP) is 3.25. The topological polar surface area (TPSA) is 69.7 Å². The lowest BCUT2D eigenvalue weighted by molar-refractivity contribution is -0.117. The Hall–Kier alpha value is -1.15. The Morgan fingerprint density at radius 3 is 2.26 bits per heavy atom. The minimum absolute atomic E-state index is 0.0947. The lowest BCUT2D eigenvalue weighted by Gasteiger charge is -2.27. The van der Waals surface area contributed by atoms with Crippen molar-refractivity contribution in [2.45, 2.75) is 50.3 Å². The van der Waals surface area contributed by atoms with Crippen LogP contribution < -0.4 is 5.32 Å². The highest BCUT2D eigenvalue weighted by atomic mass is 35.5. The van der Waals surface area contributed by atoms with Crippen LogP contribution in [0.3, 0.4) is 0 Å². The van der Waals surface area contributed by atoms with Crippen molar-refractivity contribution in [2.75, 3.05) is 38.0 Å². The van der Waals surface area contributed by atoms with Gasteiger partial charge in [0.2, 0.25) is 15.9 Å². The smallest absolute Gasteiger partial charge is 0.244 e. The zero-order valence-electron chi connectivity index (χ0n) is 15.8. The molecule has 8 heteroatoms. The summed E-state index contributed by atoms with van der Waals surface area (Å²) in [4.78, 5) is 14.6. The third-order valence-electron chi connectivity index (χ3n) is 5.30. The van der Waals surface area contributed by atoms with E-state index < -0.39 is 10.0 Å². The molecule has 3 rings (SSSR count). The number of nitrogens with zero attached hydrogens (tertiary/aromatic N) is 2. The fourth-order valence-electron chi connectivity index (χ4n) is 3.74. The highest BCUT2D eigenvalue weighted by Crippen LogP contribution is 2.31. The lowest BCUT2D eigenvalue weighted by atomic mass is 10.1. The number of carbonyl (C=O) groups excluding carboxylic acids is 1. The number of sulfonamides is 1. The lowest BCUT2D eigenvalue weighted by Crippen LogP contribution is -2.37. The molecule has 2 saturated heterocycles. The number of anilines is 1. The van der Waals surface area contributed by atoms with Crippen LogP contribution in [0.25, 0.3) is 0 Å². The van der Waals surface area contributed by atoms with Gasteiger partial charge in [-0.15, -0.1) is 0 Å². The Morgan fingerprint density at radius 2 is 1.63 bits per heavy atom. The van der Waals surface area contributed by atoms with Gasteiger partial charge in [0.15, 0.2) is 0 Å². The minimum Gasteiger partial charge on any atom is -0.325 e. The fourth-order valence-corrected chi connectivity index (χ4v) is 5.85. The summed E-state index contributed by atoms with van der Waals surface area (Å²) in [6.07, 6.45) is 6.28. The zero-order valence-corrected chi connectivity index (χ0v) is 17.4. The number of piperidine rings is 2. The molecule has 0 aromatic heterocycles. The number of carbonyl (C=O) groups is 1. The number of hydrogen-bond acceptors (Lipinski definition) is 4. The van der Waals surface area contributed by atoms with E-state index in [0.29, 0.717) is 30.9 Å². The van der Waals surface area contributed by atoms with E-state index in [4.69, 9.17) is 11.6 Å². The highest BCUT2D eigenvalue weighted by molar-refractivity contribution is 7.89. The number of hydrogen-bond donors (Lipinski definition) is 1. The van der Waals surface area contributed by atoms with E-state index in [1.54, 1.807) is 19.1 Å². The van der Waals surface area contributed by atoms with Crippen LogP contribution in [0.1, 0.15) is 44.1 Å². The number of rotatable bonds is 5. The summed E-state index contributed by atoms with van der Waals surface area (Å²) >= 11 is 6.31. The Kier molecular flexibility index (Phi) is 6.78. The summed E-state index contributed by atoms with van der Waals surface area (Å²) < 4.78 is 27.3. The first-order valence-electron chi connectivity index (χ1n) is 9.70. The summed E-state index contributed by atoms with van der Waals surface area (Å²) in [7, 11) is -3.60. The van der Waals surface area contributed by atoms with E-state index in [1.807, 2.05) is 0 Å². The van der Waals surface area contributed by atoms with Crippen LogP contribution in [0.4, 0.5) is 5.69 Å². The van der Waals surface area contributed by atoms with E-state index in [1.165, 1.54) is 10.7 Å². The minimum atomic E-state index is -3.60. The first-order chi connectivity index (χ1) is 12.9. The molecule has 2 aliphatic rings. The molecule has 27 heavy (non-hydrogen) atoms. The molecule has 1 amide bonds. The zero-order chi connectivity index (χ0) is 19.4. The molecular weight excluding hydrogens is 386 g/mol. The van der Waals surface area contributed by atoms with Crippen molar-refractivity contribution in [3.8, 4) is 0 Å². The maximum atomic E-state index is 12.9. The van der Waals surface area contributed by atoms with Gasteiger partial charge in [0, 0.05) is 18.8 Å². The summed E-state index contributed by atoms with van der Waals surface area (Å²) in [6, 6.07) is 3.13. The third kappa shape index (κ3) is 5.02. The molecule has 1 aromatic rings. The first-order valence-corrected chi connectivity index (χ1v) is 11.5. The Balaban J connectivity index is 1.73. The van der Waals surface area contributed by atoms with Crippen molar-refractivity contribution >= 4 is 33.2 Å². The summed E-state index contributed by atoms with van der Waals surface area (Å²) in [6.45, 7) is 5.10. The molecule has 0 unspecified atom stereocenters. The predicted molar refractivity (Wildman–Crippen MR) is 108 cm³/mol. The normalized spacial score (nSPS) is 19.8. The number of benzene rings is 1. The largest absolute Gasteiger partial charge is 0.325 e. The summed E-state index contributed by atoms with van der Waals surface area (Å²) in [5.74, 6) is -0.0947. The average molecular weight is 414 g/mol. The maximum absolute atomic E-state index is 12.9. The van der Waals surface area contributed by atoms with Gasteiger partial charge in [0.25, 0.3) is 0 Å². The van der Waals surface area contributed by atoms with Gasteiger partial charge in [0.05, 0.1) is 11.6 Å². The fraction of sp³-hybridized carbons (Fsp3) is 0.632. The third-order valence-corrected chi connectivity index (χ3v) is 7.67. The molecule has 150 valence electrons. The highest BCUT2D eigenvalue weighted by Gasteiger charge is 2.28. The molecule has 2 heterocycles. The molecule has 0 bridgehead atoms. The van der Waals surface area contributed by atoms with Gasteiger partial charge in [-0.05, 0) is 63.4 Å². The Labute approximate surface area is 166 Å². The molecule has 0 aliphatic carbocycles. The molecule has 0 atom stereocenters. The van der Waals surface area contributed by atoms with Crippen LogP contribution in [0.5, 0.6) is 0 Å². The Bertz CT molecular complexity index is 786. The summed E-state index contributed by atoms with van der Waals surface area (Å²) in [5.41, 5.74) is 1.27. The number of likely N-dealkylation sites (tertiary alicyclic amines) is 1. The monoisotopic (exact) mass is 413 g/mol. The van der Waals surface area contributed by atoms with Crippen molar-refractivity contribution in [2.24, 2.45) is 0 Å². The van der Waals surface area contributed by atoms with Gasteiger partial charge in [-0.1, -0.05) is 24.4 Å². The van der Waals surface area contributed by atoms with Gasteiger partial charge in [-0.3, -0.25) is 9.69 Å². The van der Waals surface area contributed by atoms with Crippen LogP contribution >= 0.6 is 11.6 Å². The molecule has 2 aliphatic heterocycles. The van der Waals surface area contributed by atoms with Gasteiger partial charge < -0.3 is 5.32 Å². The van der Waals surface area contributed by atoms with Crippen LogP contribution in [-0.4, -0.2) is 56.3 Å². The van der Waals surface area contributed by atoms with Gasteiger partial charge in [-0.25, -0.2) is 8.42 Å². The molecular formula is C19H28ClN3O3S. The van der Waals surface area contributed by atoms with Crippen LogP contribution in [-0.2, 0) is 14.8 Å². The second kappa shape index (κ2) is 8.90. The van der Waals surface area contributed by atoms with E-state index in [2.05, 4.69) is 10.2 Å². The molecule has 1 aromatic carbocycles. The molecule has 0 spiro atoms. The van der Waals surface area contributed by atoms with Crippen molar-refractivity contribution in [1.29, 1.82) is 0 Å². The number of halogens is 1. The molecule has 2 fully saturated rings. The summed E-state index contributed by atoms with van der Waals surface area (Å²) in [5, 5.41) is 3.04. The second-order valence-electron chi connectivity index (χ2n) is 7.45. The van der Waals surface area contributed by atoms with Crippen molar-refractivity contribution in [1.82, 2.24) is 9.21 Å². The Morgan fingerprint density at radius 1 is 1.04 bits per heavy atom. The average Bonchev–Trinajstić information content (AvgIpc) is 2.65. The van der Waals surface area contributed by atoms with Crippen molar-refractivity contribution in [3.63, 3.8) is 0 Å².